The molecule has 1 aliphatic heterocycles. The van der Waals surface area contributed by atoms with Crippen LogP contribution < -0.4 is 15.4 Å². The molecular formula is C21H34F3IN4O2. The number of aromatic hydroxyl groups is 1. The number of likely N-dealkylation sites (tertiary alicyclic amines) is 1. The van der Waals surface area contributed by atoms with Gasteiger partial charge in [-0.2, -0.15) is 13.2 Å². The van der Waals surface area contributed by atoms with E-state index in [9.17, 15) is 18.3 Å². The molecule has 0 atom stereocenters. The summed E-state index contributed by atoms with van der Waals surface area (Å²) in [5.41, 5.74) is 0.922. The number of alkyl halides is 3. The topological polar surface area (TPSA) is 69.1 Å². The molecule has 1 aliphatic rings. The highest BCUT2D eigenvalue weighted by Crippen LogP contribution is 2.27. The molecule has 0 radical (unpaired) electrons. The zero-order chi connectivity index (χ0) is 22.0. The van der Waals surface area contributed by atoms with Crippen LogP contribution >= 0.6 is 24.0 Å². The lowest BCUT2D eigenvalue weighted by atomic mass is 9.93. The van der Waals surface area contributed by atoms with Gasteiger partial charge in [-0.1, -0.05) is 6.07 Å². The predicted molar refractivity (Wildman–Crippen MR) is 127 cm³/mol. The molecule has 0 saturated carbocycles. The van der Waals surface area contributed by atoms with Crippen molar-refractivity contribution >= 4 is 29.9 Å². The van der Waals surface area contributed by atoms with Crippen LogP contribution in [0.4, 0.5) is 13.2 Å². The second-order valence-corrected chi connectivity index (χ2v) is 7.48. The van der Waals surface area contributed by atoms with E-state index in [1.165, 1.54) is 4.90 Å². The number of nitrogens with zero attached hydrogens (tertiary/aromatic N) is 2. The lowest BCUT2D eigenvalue weighted by Crippen LogP contribution is -2.41. The van der Waals surface area contributed by atoms with Gasteiger partial charge in [0.1, 0.15) is 0 Å². The third-order valence-electron chi connectivity index (χ3n) is 5.04. The second-order valence-electron chi connectivity index (χ2n) is 7.48. The van der Waals surface area contributed by atoms with E-state index < -0.39 is 12.7 Å². The summed E-state index contributed by atoms with van der Waals surface area (Å²) in [6.07, 6.45) is -1.64. The van der Waals surface area contributed by atoms with E-state index in [1.54, 1.807) is 18.2 Å². The quantitative estimate of drug-likeness (QED) is 0.242. The Kier molecular flexibility index (Phi) is 12.3. The van der Waals surface area contributed by atoms with Crippen LogP contribution in [-0.2, 0) is 6.54 Å². The van der Waals surface area contributed by atoms with Crippen LogP contribution in [0.25, 0.3) is 0 Å². The van der Waals surface area contributed by atoms with Crippen molar-refractivity contribution in [2.45, 2.75) is 45.8 Å². The molecular weight excluding hydrogens is 524 g/mol. The second kappa shape index (κ2) is 13.9. The van der Waals surface area contributed by atoms with Gasteiger partial charge < -0.3 is 20.5 Å². The van der Waals surface area contributed by atoms with Gasteiger partial charge in [0.25, 0.3) is 0 Å². The van der Waals surface area contributed by atoms with Gasteiger partial charge in [0.05, 0.1) is 19.7 Å². The summed E-state index contributed by atoms with van der Waals surface area (Å²) in [6, 6.07) is 5.18. The number of piperidine rings is 1. The molecule has 3 N–H and O–H groups in total. The Morgan fingerprint density at radius 3 is 2.55 bits per heavy atom. The number of hydrogen-bond donors (Lipinski definition) is 3. The van der Waals surface area contributed by atoms with Crippen molar-refractivity contribution < 1.29 is 23.0 Å². The smallest absolute Gasteiger partial charge is 0.401 e. The number of phenols is 1. The molecule has 31 heavy (non-hydrogen) atoms. The first-order valence-corrected chi connectivity index (χ1v) is 10.6. The molecule has 1 fully saturated rings. The molecule has 178 valence electrons. The van der Waals surface area contributed by atoms with Gasteiger partial charge in [0, 0.05) is 13.1 Å². The molecule has 0 aromatic heterocycles. The first kappa shape index (κ1) is 27.6. The van der Waals surface area contributed by atoms with Crippen molar-refractivity contribution in [2.24, 2.45) is 10.9 Å². The summed E-state index contributed by atoms with van der Waals surface area (Å²) < 4.78 is 42.9. The number of halogens is 4. The Hall–Kier alpha value is -1.43. The Labute approximate surface area is 199 Å². The van der Waals surface area contributed by atoms with Crippen molar-refractivity contribution in [2.75, 3.05) is 39.3 Å². The van der Waals surface area contributed by atoms with Gasteiger partial charge in [0.2, 0.25) is 0 Å². The number of guanidine groups is 1. The van der Waals surface area contributed by atoms with Crippen LogP contribution in [-0.4, -0.2) is 61.5 Å². The first-order valence-electron chi connectivity index (χ1n) is 10.6. The summed E-state index contributed by atoms with van der Waals surface area (Å²) >= 11 is 0. The predicted octanol–water partition coefficient (Wildman–Crippen LogP) is 4.13. The highest BCUT2D eigenvalue weighted by molar-refractivity contribution is 14.0. The van der Waals surface area contributed by atoms with Crippen molar-refractivity contribution in [3.8, 4) is 11.5 Å². The fraction of sp³-hybridized carbons (Fsp3) is 0.667. The monoisotopic (exact) mass is 558 g/mol. The Morgan fingerprint density at radius 2 is 1.94 bits per heavy atom. The lowest BCUT2D eigenvalue weighted by molar-refractivity contribution is -0.148. The largest absolute Gasteiger partial charge is 0.504 e. The van der Waals surface area contributed by atoms with Gasteiger partial charge in [-0.15, -0.1) is 24.0 Å². The number of nitrogens with one attached hydrogen (secondary N) is 2. The molecule has 0 spiro atoms. The zero-order valence-electron chi connectivity index (χ0n) is 18.2. The van der Waals surface area contributed by atoms with Crippen molar-refractivity contribution in [1.82, 2.24) is 15.5 Å². The maximum absolute atomic E-state index is 12.5. The van der Waals surface area contributed by atoms with E-state index in [-0.39, 0.29) is 29.7 Å². The molecule has 1 aromatic rings. The zero-order valence-corrected chi connectivity index (χ0v) is 20.5. The van der Waals surface area contributed by atoms with Crippen molar-refractivity contribution in [3.63, 3.8) is 0 Å². The van der Waals surface area contributed by atoms with Crippen molar-refractivity contribution in [3.05, 3.63) is 23.8 Å². The van der Waals surface area contributed by atoms with Crippen LogP contribution in [0.5, 0.6) is 11.5 Å². The van der Waals surface area contributed by atoms with E-state index in [4.69, 9.17) is 4.74 Å². The van der Waals surface area contributed by atoms with Gasteiger partial charge in [-0.3, -0.25) is 4.90 Å². The first-order chi connectivity index (χ1) is 14.3. The number of phenolic OH excluding ortho intramolecular Hbond substituents is 1. The number of aliphatic imine (C=N–C) groups is 1. The maximum Gasteiger partial charge on any atom is 0.401 e. The Morgan fingerprint density at radius 1 is 1.23 bits per heavy atom. The Balaban J connectivity index is 0.00000480. The lowest BCUT2D eigenvalue weighted by Gasteiger charge is -2.32. The standard InChI is InChI=1S/C21H33F3N4O2.HI/c1-3-25-20(27-14-17-5-6-18(29)19(13-17)30-4-2)26-10-7-16-8-11-28(12-9-16)15-21(22,23)24;/h5-6,13,16,29H,3-4,7-12,14-15H2,1-2H3,(H2,25,26,27);1H. The van der Waals surface area contributed by atoms with Gasteiger partial charge in [-0.05, 0) is 69.8 Å². The van der Waals surface area contributed by atoms with E-state index in [0.717, 1.165) is 37.9 Å². The third kappa shape index (κ3) is 10.6. The Bertz CT molecular complexity index is 681. The number of benzene rings is 1. The molecule has 1 aromatic carbocycles. The molecule has 1 saturated heterocycles. The third-order valence-corrected chi connectivity index (χ3v) is 5.04. The molecule has 0 amide bonds. The average molecular weight is 558 g/mol. The molecule has 2 rings (SSSR count). The number of hydrogen-bond acceptors (Lipinski definition) is 4. The molecule has 10 heteroatoms. The van der Waals surface area contributed by atoms with E-state index >= 15 is 0 Å². The summed E-state index contributed by atoms with van der Waals surface area (Å²) in [5.74, 6) is 1.67. The van der Waals surface area contributed by atoms with Crippen molar-refractivity contribution in [1.29, 1.82) is 0 Å². The van der Waals surface area contributed by atoms with E-state index in [0.29, 0.717) is 43.9 Å². The van der Waals surface area contributed by atoms with Gasteiger partial charge in [-0.25, -0.2) is 4.99 Å². The highest BCUT2D eigenvalue weighted by atomic mass is 127. The number of ether oxygens (including phenoxy) is 1. The van der Waals surface area contributed by atoms with Crippen LogP contribution in [0.1, 0.15) is 38.7 Å². The fourth-order valence-electron chi connectivity index (χ4n) is 3.52. The fourth-order valence-corrected chi connectivity index (χ4v) is 3.52. The minimum Gasteiger partial charge on any atom is -0.504 e. The minimum absolute atomic E-state index is 0. The van der Waals surface area contributed by atoms with Crippen LogP contribution in [0.3, 0.4) is 0 Å². The molecule has 6 nitrogen and oxygen atoms in total. The molecule has 1 heterocycles. The molecule has 0 bridgehead atoms. The van der Waals surface area contributed by atoms with E-state index in [2.05, 4.69) is 15.6 Å². The summed E-state index contributed by atoms with van der Waals surface area (Å²) in [6.45, 7) is 6.39. The molecule has 0 unspecified atom stereocenters. The van der Waals surface area contributed by atoms with Crippen LogP contribution in [0.2, 0.25) is 0 Å². The van der Waals surface area contributed by atoms with Crippen LogP contribution in [0.15, 0.2) is 23.2 Å². The summed E-state index contributed by atoms with van der Waals surface area (Å²) in [4.78, 5) is 6.06. The average Bonchev–Trinajstić information content (AvgIpc) is 2.68. The molecule has 0 aliphatic carbocycles. The number of rotatable bonds is 9. The minimum atomic E-state index is -4.12. The highest BCUT2D eigenvalue weighted by Gasteiger charge is 2.32. The normalized spacial score (nSPS) is 16.0. The van der Waals surface area contributed by atoms with E-state index in [1.807, 2.05) is 13.8 Å². The SMILES string of the molecule is CCNC(=NCc1ccc(O)c(OCC)c1)NCCC1CCN(CC(F)(F)F)CC1.I. The maximum atomic E-state index is 12.5. The van der Waals surface area contributed by atoms with Crippen LogP contribution in [0, 0.1) is 5.92 Å². The summed E-state index contributed by atoms with van der Waals surface area (Å²) in [5, 5.41) is 16.3. The van der Waals surface area contributed by atoms with Gasteiger partial charge in [0.15, 0.2) is 17.5 Å². The summed E-state index contributed by atoms with van der Waals surface area (Å²) in [7, 11) is 0. The van der Waals surface area contributed by atoms with Gasteiger partial charge >= 0.3 is 6.18 Å².